The fourth-order valence-electron chi connectivity index (χ4n) is 2.19. The fraction of sp³-hybridized carbons (Fsp3) is 0.294. The molecule has 9 heteroatoms. The second kappa shape index (κ2) is 7.06. The van der Waals surface area contributed by atoms with Crippen LogP contribution in [-0.2, 0) is 4.79 Å². The van der Waals surface area contributed by atoms with Crippen molar-refractivity contribution in [2.75, 3.05) is 5.75 Å². The molecule has 0 unspecified atom stereocenters. The average molecular weight is 411 g/mol. The van der Waals surface area contributed by atoms with E-state index in [2.05, 4.69) is 15.2 Å². The van der Waals surface area contributed by atoms with Gasteiger partial charge in [0.25, 0.3) is 5.56 Å². The van der Waals surface area contributed by atoms with Crippen LogP contribution in [0.3, 0.4) is 0 Å². The summed E-state index contributed by atoms with van der Waals surface area (Å²) in [5.74, 6) is 0.232. The van der Waals surface area contributed by atoms with E-state index >= 15 is 0 Å². The minimum absolute atomic E-state index is 0.0511. The molecule has 2 heterocycles. The van der Waals surface area contributed by atoms with Gasteiger partial charge in [-0.25, -0.2) is 4.98 Å². The van der Waals surface area contributed by atoms with Gasteiger partial charge in [-0.15, -0.1) is 0 Å². The lowest BCUT2D eigenvalue weighted by molar-refractivity contribution is -0.123. The Morgan fingerprint density at radius 1 is 1.31 bits per heavy atom. The molecule has 2 aromatic heterocycles. The molecular weight excluding hydrogens is 395 g/mol. The Bertz CT molecular complexity index is 1050. The molecule has 1 aromatic carbocycles. The Morgan fingerprint density at radius 3 is 2.69 bits per heavy atom. The Kier molecular flexibility index (Phi) is 5.14. The van der Waals surface area contributed by atoms with Crippen LogP contribution in [0.4, 0.5) is 0 Å². The predicted octanol–water partition coefficient (Wildman–Crippen LogP) is 4.12. The largest absolute Gasteiger partial charge is 0.298 e. The average Bonchev–Trinajstić information content (AvgIpc) is 3.01. The topological polar surface area (TPSA) is 80.6 Å². The normalized spacial score (nSPS) is 11.9. The highest BCUT2D eigenvalue weighted by molar-refractivity contribution is 7.99. The van der Waals surface area contributed by atoms with Gasteiger partial charge in [0.15, 0.2) is 10.8 Å². The second-order valence-electron chi connectivity index (χ2n) is 6.72. The zero-order valence-electron chi connectivity index (χ0n) is 14.3. The molecule has 3 aromatic rings. The summed E-state index contributed by atoms with van der Waals surface area (Å²) in [5.41, 5.74) is 0.0109. The third kappa shape index (κ3) is 3.65. The van der Waals surface area contributed by atoms with E-state index in [0.29, 0.717) is 31.9 Å². The van der Waals surface area contributed by atoms with Crippen LogP contribution in [0.1, 0.15) is 20.8 Å². The Morgan fingerprint density at radius 2 is 2.04 bits per heavy atom. The lowest BCUT2D eigenvalue weighted by atomic mass is 9.92. The van der Waals surface area contributed by atoms with E-state index in [4.69, 9.17) is 23.2 Å². The zero-order chi connectivity index (χ0) is 19.1. The van der Waals surface area contributed by atoms with Crippen LogP contribution in [0.25, 0.3) is 16.7 Å². The van der Waals surface area contributed by atoms with Gasteiger partial charge in [0.05, 0.1) is 22.7 Å². The number of hydrogen-bond acceptors (Lipinski definition) is 5. The monoisotopic (exact) mass is 410 g/mol. The zero-order valence-corrected chi connectivity index (χ0v) is 16.7. The van der Waals surface area contributed by atoms with E-state index in [-0.39, 0.29) is 17.1 Å². The predicted molar refractivity (Wildman–Crippen MR) is 105 cm³/mol. The Labute approximate surface area is 163 Å². The van der Waals surface area contributed by atoms with Crippen molar-refractivity contribution < 1.29 is 4.79 Å². The van der Waals surface area contributed by atoms with Crippen LogP contribution in [0.2, 0.25) is 10.0 Å². The van der Waals surface area contributed by atoms with E-state index < -0.39 is 5.41 Å². The lowest BCUT2D eigenvalue weighted by Crippen LogP contribution is -2.24. The summed E-state index contributed by atoms with van der Waals surface area (Å²) in [4.78, 5) is 29.7. The van der Waals surface area contributed by atoms with Crippen molar-refractivity contribution in [1.29, 1.82) is 0 Å². The number of nitrogens with one attached hydrogen (secondary N) is 1. The highest BCUT2D eigenvalue weighted by Gasteiger charge is 2.23. The molecule has 0 fully saturated rings. The van der Waals surface area contributed by atoms with Crippen molar-refractivity contribution in [2.45, 2.75) is 25.9 Å². The van der Waals surface area contributed by atoms with Crippen LogP contribution >= 0.6 is 35.0 Å². The van der Waals surface area contributed by atoms with Crippen LogP contribution in [0, 0.1) is 5.41 Å². The number of hydrogen-bond donors (Lipinski definition) is 1. The van der Waals surface area contributed by atoms with Crippen LogP contribution in [0.15, 0.2) is 34.3 Å². The van der Waals surface area contributed by atoms with Gasteiger partial charge in [0.1, 0.15) is 11.2 Å². The molecule has 0 saturated carbocycles. The van der Waals surface area contributed by atoms with Crippen LogP contribution in [-0.4, -0.2) is 31.3 Å². The van der Waals surface area contributed by atoms with Crippen molar-refractivity contribution in [3.63, 3.8) is 0 Å². The number of ketones is 1. The summed E-state index contributed by atoms with van der Waals surface area (Å²) < 4.78 is 1.39. The summed E-state index contributed by atoms with van der Waals surface area (Å²) in [6.07, 6.45) is 1.42. The van der Waals surface area contributed by atoms with Gasteiger partial charge in [0, 0.05) is 10.4 Å². The number of carbonyl (C=O) groups is 1. The Hall–Kier alpha value is -1.83. The highest BCUT2D eigenvalue weighted by Crippen LogP contribution is 2.29. The maximum Gasteiger partial charge on any atom is 0.269 e. The van der Waals surface area contributed by atoms with E-state index in [1.807, 2.05) is 20.8 Å². The SMILES string of the molecule is CC(C)(C)C(=O)CSc1nc2[nH]ncc2c(=O)n1-c1ccc(Cl)cc1Cl. The van der Waals surface area contributed by atoms with E-state index in [1.54, 1.807) is 18.2 Å². The molecule has 1 N–H and O–H groups in total. The standard InChI is InChI=1S/C17H16Cl2N4O2S/c1-17(2,3)13(24)8-26-16-21-14-10(7-20-22-14)15(25)23(16)12-5-4-9(18)6-11(12)19/h4-7H,8H2,1-3H3,(H,20,22). The fourth-order valence-corrected chi connectivity index (χ4v) is 3.84. The third-order valence-corrected chi connectivity index (χ3v) is 5.25. The molecule has 0 aliphatic heterocycles. The third-order valence-electron chi connectivity index (χ3n) is 3.77. The number of Topliss-reactive ketones (excluding diaryl/α,β-unsaturated/α-hetero) is 1. The number of nitrogens with zero attached hydrogens (tertiary/aromatic N) is 3. The molecule has 0 radical (unpaired) electrons. The number of aromatic amines is 1. The maximum atomic E-state index is 13.0. The number of carbonyl (C=O) groups excluding carboxylic acids is 1. The number of H-pyrrole nitrogens is 1. The molecule has 0 saturated heterocycles. The van der Waals surface area contributed by atoms with E-state index in [9.17, 15) is 9.59 Å². The molecule has 0 spiro atoms. The first-order valence-electron chi connectivity index (χ1n) is 7.76. The quantitative estimate of drug-likeness (QED) is 0.516. The molecule has 0 bridgehead atoms. The van der Waals surface area contributed by atoms with Crippen molar-refractivity contribution >= 4 is 51.8 Å². The highest BCUT2D eigenvalue weighted by atomic mass is 35.5. The molecule has 0 aliphatic rings. The van der Waals surface area contributed by atoms with Gasteiger partial charge in [-0.1, -0.05) is 55.7 Å². The molecule has 0 aliphatic carbocycles. The van der Waals surface area contributed by atoms with Crippen molar-refractivity contribution in [3.8, 4) is 5.69 Å². The number of rotatable bonds is 4. The number of halogens is 2. The molecule has 6 nitrogen and oxygen atoms in total. The van der Waals surface area contributed by atoms with E-state index in [1.165, 1.54) is 22.5 Å². The molecule has 136 valence electrons. The number of benzene rings is 1. The minimum atomic E-state index is -0.478. The lowest BCUT2D eigenvalue weighted by Gasteiger charge is -2.17. The molecule has 3 rings (SSSR count). The van der Waals surface area contributed by atoms with Crippen molar-refractivity contribution in [2.24, 2.45) is 5.41 Å². The summed E-state index contributed by atoms with van der Waals surface area (Å²) in [7, 11) is 0. The molecular formula is C17H16Cl2N4O2S. The Balaban J connectivity index is 2.15. The van der Waals surface area contributed by atoms with Gasteiger partial charge in [0.2, 0.25) is 0 Å². The first-order valence-corrected chi connectivity index (χ1v) is 9.50. The maximum absolute atomic E-state index is 13.0. The molecule has 0 atom stereocenters. The number of aromatic nitrogens is 4. The summed E-state index contributed by atoms with van der Waals surface area (Å²) >= 11 is 13.4. The van der Waals surface area contributed by atoms with Crippen molar-refractivity contribution in [3.05, 3.63) is 44.8 Å². The minimum Gasteiger partial charge on any atom is -0.298 e. The molecule has 26 heavy (non-hydrogen) atoms. The summed E-state index contributed by atoms with van der Waals surface area (Å²) in [6.45, 7) is 5.56. The number of fused-ring (bicyclic) bond motifs is 1. The molecule has 0 amide bonds. The first kappa shape index (κ1) is 18.9. The number of thioether (sulfide) groups is 1. The van der Waals surface area contributed by atoms with Gasteiger partial charge >= 0.3 is 0 Å². The van der Waals surface area contributed by atoms with Gasteiger partial charge in [-0.2, -0.15) is 5.10 Å². The van der Waals surface area contributed by atoms with Gasteiger partial charge in [-0.05, 0) is 18.2 Å². The van der Waals surface area contributed by atoms with Crippen LogP contribution in [0.5, 0.6) is 0 Å². The first-order chi connectivity index (χ1) is 12.2. The van der Waals surface area contributed by atoms with Gasteiger partial charge in [-0.3, -0.25) is 19.3 Å². The summed E-state index contributed by atoms with van der Waals surface area (Å²) in [5, 5.41) is 8.04. The van der Waals surface area contributed by atoms with Crippen LogP contribution < -0.4 is 5.56 Å². The second-order valence-corrected chi connectivity index (χ2v) is 8.51. The van der Waals surface area contributed by atoms with Gasteiger partial charge < -0.3 is 0 Å². The summed E-state index contributed by atoms with van der Waals surface area (Å²) in [6, 6.07) is 4.85. The van der Waals surface area contributed by atoms with Crippen molar-refractivity contribution in [1.82, 2.24) is 19.7 Å². The van der Waals surface area contributed by atoms with E-state index in [0.717, 1.165) is 0 Å². The smallest absolute Gasteiger partial charge is 0.269 e.